The maximum atomic E-state index is 10.6. The lowest BCUT2D eigenvalue weighted by molar-refractivity contribution is 0.0697. The van der Waals surface area contributed by atoms with Crippen LogP contribution in [-0.4, -0.2) is 30.0 Å². The molecule has 0 aromatic heterocycles. The molecule has 0 saturated heterocycles. The smallest absolute Gasteiger partial charge is 0.335 e. The molecular formula is C10H10N2O2. The highest BCUT2D eigenvalue weighted by Crippen LogP contribution is 2.06. The summed E-state index contributed by atoms with van der Waals surface area (Å²) in [4.78, 5) is 14.8. The van der Waals surface area contributed by atoms with Gasteiger partial charge in [-0.25, -0.2) is 4.79 Å². The number of carboxylic acids is 1. The Morgan fingerprint density at radius 1 is 1.36 bits per heavy atom. The fourth-order valence-electron chi connectivity index (χ4n) is 1.36. The van der Waals surface area contributed by atoms with Gasteiger partial charge < -0.3 is 10.4 Å². The van der Waals surface area contributed by atoms with Gasteiger partial charge in [0.05, 0.1) is 12.1 Å². The molecule has 1 heterocycles. The zero-order chi connectivity index (χ0) is 9.97. The monoisotopic (exact) mass is 190 g/mol. The van der Waals surface area contributed by atoms with Crippen molar-refractivity contribution in [1.82, 2.24) is 5.32 Å². The molecular weight excluding hydrogens is 180 g/mol. The molecule has 1 aliphatic heterocycles. The second kappa shape index (κ2) is 3.49. The largest absolute Gasteiger partial charge is 0.478 e. The maximum Gasteiger partial charge on any atom is 0.335 e. The van der Waals surface area contributed by atoms with E-state index in [4.69, 9.17) is 5.11 Å². The Morgan fingerprint density at radius 3 is 2.57 bits per heavy atom. The number of amidine groups is 1. The highest BCUT2D eigenvalue weighted by atomic mass is 16.4. The van der Waals surface area contributed by atoms with E-state index >= 15 is 0 Å². The van der Waals surface area contributed by atoms with Gasteiger partial charge in [0.2, 0.25) is 0 Å². The topological polar surface area (TPSA) is 61.7 Å². The minimum atomic E-state index is -0.905. The highest BCUT2D eigenvalue weighted by molar-refractivity contribution is 6.00. The first-order valence-electron chi connectivity index (χ1n) is 4.39. The Bertz CT molecular complexity index is 382. The number of carbonyl (C=O) groups is 1. The van der Waals surface area contributed by atoms with Crippen LogP contribution in [0.2, 0.25) is 0 Å². The number of nitrogens with zero attached hydrogens (tertiary/aromatic N) is 1. The van der Waals surface area contributed by atoms with Crippen molar-refractivity contribution >= 4 is 11.8 Å². The van der Waals surface area contributed by atoms with Gasteiger partial charge in [0, 0.05) is 12.1 Å². The molecule has 4 heteroatoms. The molecule has 14 heavy (non-hydrogen) atoms. The summed E-state index contributed by atoms with van der Waals surface area (Å²) in [5, 5.41) is 11.8. The molecule has 0 atom stereocenters. The third kappa shape index (κ3) is 1.59. The number of aromatic carboxylic acids is 1. The minimum absolute atomic E-state index is 0.298. The average molecular weight is 190 g/mol. The molecule has 0 radical (unpaired) electrons. The Hall–Kier alpha value is -1.84. The Morgan fingerprint density at radius 2 is 2.07 bits per heavy atom. The van der Waals surface area contributed by atoms with E-state index in [-0.39, 0.29) is 0 Å². The number of nitrogens with one attached hydrogen (secondary N) is 1. The van der Waals surface area contributed by atoms with Crippen LogP contribution in [0.3, 0.4) is 0 Å². The lowest BCUT2D eigenvalue weighted by atomic mass is 10.1. The number of benzene rings is 1. The van der Waals surface area contributed by atoms with E-state index in [0.717, 1.165) is 24.5 Å². The minimum Gasteiger partial charge on any atom is -0.478 e. The first-order chi connectivity index (χ1) is 6.77. The number of hydrogen-bond acceptors (Lipinski definition) is 3. The molecule has 0 spiro atoms. The van der Waals surface area contributed by atoms with Crippen LogP contribution < -0.4 is 5.32 Å². The number of rotatable bonds is 2. The van der Waals surface area contributed by atoms with Crippen LogP contribution in [0.1, 0.15) is 15.9 Å². The lowest BCUT2D eigenvalue weighted by Crippen LogP contribution is -2.19. The van der Waals surface area contributed by atoms with E-state index in [1.807, 2.05) is 0 Å². The van der Waals surface area contributed by atoms with E-state index in [1.165, 1.54) is 0 Å². The molecule has 1 aromatic carbocycles. The maximum absolute atomic E-state index is 10.6. The van der Waals surface area contributed by atoms with E-state index in [2.05, 4.69) is 10.3 Å². The number of hydrogen-bond donors (Lipinski definition) is 2. The third-order valence-corrected chi connectivity index (χ3v) is 2.08. The Kier molecular flexibility index (Phi) is 2.18. The van der Waals surface area contributed by atoms with Gasteiger partial charge in [-0.2, -0.15) is 0 Å². The third-order valence-electron chi connectivity index (χ3n) is 2.08. The van der Waals surface area contributed by atoms with Crippen molar-refractivity contribution < 1.29 is 9.90 Å². The van der Waals surface area contributed by atoms with E-state index in [1.54, 1.807) is 24.3 Å². The second-order valence-corrected chi connectivity index (χ2v) is 3.04. The van der Waals surface area contributed by atoms with E-state index < -0.39 is 5.97 Å². The van der Waals surface area contributed by atoms with Crippen LogP contribution in [0.25, 0.3) is 0 Å². The van der Waals surface area contributed by atoms with Crippen LogP contribution in [-0.2, 0) is 0 Å². The summed E-state index contributed by atoms with van der Waals surface area (Å²) in [6.45, 7) is 1.64. The zero-order valence-electron chi connectivity index (χ0n) is 7.53. The molecule has 2 rings (SSSR count). The summed E-state index contributed by atoms with van der Waals surface area (Å²) >= 11 is 0. The van der Waals surface area contributed by atoms with Gasteiger partial charge >= 0.3 is 5.97 Å². The van der Waals surface area contributed by atoms with Crippen molar-refractivity contribution in [2.45, 2.75) is 0 Å². The summed E-state index contributed by atoms with van der Waals surface area (Å²) in [5.41, 5.74) is 1.24. The van der Waals surface area contributed by atoms with Gasteiger partial charge in [0.15, 0.2) is 0 Å². The lowest BCUT2D eigenvalue weighted by Gasteiger charge is -2.01. The van der Waals surface area contributed by atoms with Gasteiger partial charge in [-0.3, -0.25) is 4.99 Å². The first kappa shape index (κ1) is 8.74. The molecule has 0 saturated carbocycles. The summed E-state index contributed by atoms with van der Waals surface area (Å²) in [6, 6.07) is 6.70. The highest BCUT2D eigenvalue weighted by Gasteiger charge is 2.08. The average Bonchev–Trinajstić information content (AvgIpc) is 2.71. The molecule has 72 valence electrons. The molecule has 4 nitrogen and oxygen atoms in total. The molecule has 2 N–H and O–H groups in total. The molecule has 0 amide bonds. The quantitative estimate of drug-likeness (QED) is 0.722. The van der Waals surface area contributed by atoms with Gasteiger partial charge in [-0.15, -0.1) is 0 Å². The second-order valence-electron chi connectivity index (χ2n) is 3.04. The van der Waals surface area contributed by atoms with Gasteiger partial charge in [-0.05, 0) is 12.1 Å². The van der Waals surface area contributed by atoms with Crippen molar-refractivity contribution in [1.29, 1.82) is 0 Å². The van der Waals surface area contributed by atoms with Crippen LogP contribution in [0.5, 0.6) is 0 Å². The van der Waals surface area contributed by atoms with Crippen LogP contribution in [0.4, 0.5) is 0 Å². The standard InChI is InChI=1S/C10H10N2O2/c13-10(14)8-3-1-7(2-4-8)9-11-5-6-12-9/h1-4H,5-6H2,(H,11,12)(H,13,14). The molecule has 1 aromatic rings. The Balaban J connectivity index is 2.25. The number of carboxylic acid groups (broad SMARTS) is 1. The zero-order valence-corrected chi connectivity index (χ0v) is 7.53. The van der Waals surface area contributed by atoms with Crippen molar-refractivity contribution in [3.63, 3.8) is 0 Å². The molecule has 1 aliphatic rings. The molecule has 0 aliphatic carbocycles. The molecule has 0 bridgehead atoms. The predicted octanol–water partition coefficient (Wildman–Crippen LogP) is 0.735. The van der Waals surface area contributed by atoms with Crippen molar-refractivity contribution in [3.8, 4) is 0 Å². The van der Waals surface area contributed by atoms with Gasteiger partial charge in [0.1, 0.15) is 5.84 Å². The molecule has 0 unspecified atom stereocenters. The SMILES string of the molecule is O=C(O)c1ccc(C2=NCCN2)cc1. The van der Waals surface area contributed by atoms with Gasteiger partial charge in [0.25, 0.3) is 0 Å². The van der Waals surface area contributed by atoms with Gasteiger partial charge in [-0.1, -0.05) is 12.1 Å². The van der Waals surface area contributed by atoms with Crippen molar-refractivity contribution in [2.24, 2.45) is 4.99 Å². The fourth-order valence-corrected chi connectivity index (χ4v) is 1.36. The predicted molar refractivity (Wildman–Crippen MR) is 52.8 cm³/mol. The summed E-state index contributed by atoms with van der Waals surface area (Å²) in [5.74, 6) is -0.0557. The summed E-state index contributed by atoms with van der Waals surface area (Å²) in [7, 11) is 0. The van der Waals surface area contributed by atoms with Crippen LogP contribution >= 0.6 is 0 Å². The van der Waals surface area contributed by atoms with Crippen LogP contribution in [0, 0.1) is 0 Å². The van der Waals surface area contributed by atoms with Crippen molar-refractivity contribution in [2.75, 3.05) is 13.1 Å². The molecule has 0 fully saturated rings. The summed E-state index contributed by atoms with van der Waals surface area (Å²) in [6.07, 6.45) is 0. The van der Waals surface area contributed by atoms with Crippen molar-refractivity contribution in [3.05, 3.63) is 35.4 Å². The first-order valence-corrected chi connectivity index (χ1v) is 4.39. The number of aliphatic imine (C=N–C) groups is 1. The normalized spacial score (nSPS) is 14.7. The Labute approximate surface area is 81.3 Å². The van der Waals surface area contributed by atoms with Crippen LogP contribution in [0.15, 0.2) is 29.3 Å². The summed E-state index contributed by atoms with van der Waals surface area (Å²) < 4.78 is 0. The van der Waals surface area contributed by atoms with E-state index in [9.17, 15) is 4.79 Å². The van der Waals surface area contributed by atoms with E-state index in [0.29, 0.717) is 5.56 Å². The fraction of sp³-hybridized carbons (Fsp3) is 0.200.